The predicted octanol–water partition coefficient (Wildman–Crippen LogP) is 2.39. The molecule has 2 N–H and O–H groups in total. The van der Waals surface area contributed by atoms with Crippen molar-refractivity contribution in [2.75, 3.05) is 19.6 Å². The van der Waals surface area contributed by atoms with E-state index in [1.807, 2.05) is 45.3 Å². The van der Waals surface area contributed by atoms with Crippen LogP contribution in [0.4, 0.5) is 0 Å². The van der Waals surface area contributed by atoms with Crippen LogP contribution in [0, 0.1) is 0 Å². The monoisotopic (exact) mass is 364 g/mol. The molecule has 24 heavy (non-hydrogen) atoms. The van der Waals surface area contributed by atoms with Crippen LogP contribution < -0.4 is 5.73 Å². The highest BCUT2D eigenvalue weighted by molar-refractivity contribution is 7.15. The second-order valence-corrected chi connectivity index (χ2v) is 6.28. The van der Waals surface area contributed by atoms with Gasteiger partial charge in [0.05, 0.1) is 12.1 Å². The van der Waals surface area contributed by atoms with E-state index in [1.54, 1.807) is 11.3 Å². The molecule has 0 aliphatic heterocycles. The number of benzene rings is 1. The zero-order valence-electron chi connectivity index (χ0n) is 13.3. The number of aromatic nitrogens is 2. The van der Waals surface area contributed by atoms with E-state index in [0.717, 1.165) is 17.1 Å². The minimum absolute atomic E-state index is 0. The van der Waals surface area contributed by atoms with E-state index < -0.39 is 0 Å². The van der Waals surface area contributed by atoms with Crippen molar-refractivity contribution in [3.05, 3.63) is 59.4 Å². The molecule has 0 aliphatic carbocycles. The molecular formula is C17H21ClN4OS. The van der Waals surface area contributed by atoms with E-state index in [9.17, 15) is 4.79 Å². The number of hydrogen-bond acceptors (Lipinski definition) is 4. The summed E-state index contributed by atoms with van der Waals surface area (Å²) >= 11 is 1.57. The molecule has 0 saturated heterocycles. The third-order valence-electron chi connectivity index (χ3n) is 3.74. The standard InChI is InChI=1S/C17H20N4OS.ClH/c18-7-9-20(8-6-14-4-2-1-3-5-14)16(22)12-15-13-21-10-11-23-17(21)19-15;/h1-5,10-11,13H,6-9,12,18H2;1H. The van der Waals surface area contributed by atoms with E-state index in [0.29, 0.717) is 26.1 Å². The molecule has 0 saturated carbocycles. The van der Waals surface area contributed by atoms with Gasteiger partial charge in [-0.2, -0.15) is 0 Å². The number of rotatable bonds is 7. The molecule has 2 aromatic heterocycles. The van der Waals surface area contributed by atoms with Gasteiger partial charge in [-0.3, -0.25) is 9.20 Å². The lowest BCUT2D eigenvalue weighted by atomic mass is 10.1. The van der Waals surface area contributed by atoms with Gasteiger partial charge in [0.15, 0.2) is 4.96 Å². The van der Waals surface area contributed by atoms with E-state index in [4.69, 9.17) is 5.73 Å². The first kappa shape index (κ1) is 18.4. The minimum Gasteiger partial charge on any atom is -0.341 e. The van der Waals surface area contributed by atoms with Gasteiger partial charge in [-0.1, -0.05) is 30.3 Å². The van der Waals surface area contributed by atoms with Crippen LogP contribution in [0.25, 0.3) is 4.96 Å². The fraction of sp³-hybridized carbons (Fsp3) is 0.294. The van der Waals surface area contributed by atoms with Crippen LogP contribution in [0.2, 0.25) is 0 Å². The van der Waals surface area contributed by atoms with Crippen LogP contribution in [0.5, 0.6) is 0 Å². The number of nitrogens with zero attached hydrogens (tertiary/aromatic N) is 3. The number of carbonyl (C=O) groups is 1. The zero-order valence-corrected chi connectivity index (χ0v) is 14.9. The van der Waals surface area contributed by atoms with Gasteiger partial charge >= 0.3 is 0 Å². The van der Waals surface area contributed by atoms with Gasteiger partial charge < -0.3 is 10.6 Å². The Labute approximate surface area is 151 Å². The number of thiazole rings is 1. The van der Waals surface area contributed by atoms with E-state index >= 15 is 0 Å². The smallest absolute Gasteiger partial charge is 0.228 e. The van der Waals surface area contributed by atoms with Crippen molar-refractivity contribution < 1.29 is 4.79 Å². The van der Waals surface area contributed by atoms with Crippen LogP contribution in [-0.2, 0) is 17.6 Å². The topological polar surface area (TPSA) is 63.6 Å². The largest absolute Gasteiger partial charge is 0.341 e. The van der Waals surface area contributed by atoms with Gasteiger partial charge in [-0.15, -0.1) is 23.7 Å². The quantitative estimate of drug-likeness (QED) is 0.700. The highest BCUT2D eigenvalue weighted by Gasteiger charge is 2.15. The summed E-state index contributed by atoms with van der Waals surface area (Å²) in [5.74, 6) is 0.0807. The lowest BCUT2D eigenvalue weighted by Gasteiger charge is -2.21. The van der Waals surface area contributed by atoms with Crippen molar-refractivity contribution in [1.82, 2.24) is 14.3 Å². The predicted molar refractivity (Wildman–Crippen MR) is 99.8 cm³/mol. The molecule has 2 heterocycles. The number of amides is 1. The number of halogens is 1. The third kappa shape index (κ3) is 4.56. The van der Waals surface area contributed by atoms with Gasteiger partial charge in [0, 0.05) is 37.4 Å². The summed E-state index contributed by atoms with van der Waals surface area (Å²) in [7, 11) is 0. The van der Waals surface area contributed by atoms with Crippen molar-refractivity contribution in [1.29, 1.82) is 0 Å². The Morgan fingerprint density at radius 3 is 2.75 bits per heavy atom. The summed E-state index contributed by atoms with van der Waals surface area (Å²) < 4.78 is 1.95. The van der Waals surface area contributed by atoms with Gasteiger partial charge in [-0.25, -0.2) is 4.98 Å². The Bertz CT molecular complexity index is 743. The maximum Gasteiger partial charge on any atom is 0.228 e. The Morgan fingerprint density at radius 1 is 1.25 bits per heavy atom. The van der Waals surface area contributed by atoms with Gasteiger partial charge in [0.1, 0.15) is 0 Å². The molecular weight excluding hydrogens is 344 g/mol. The van der Waals surface area contributed by atoms with Crippen molar-refractivity contribution in [2.45, 2.75) is 12.8 Å². The number of nitrogens with two attached hydrogens (primary N) is 1. The van der Waals surface area contributed by atoms with Gasteiger partial charge in [0.2, 0.25) is 5.91 Å². The number of imidazole rings is 1. The Kier molecular flexibility index (Phi) is 6.78. The molecule has 0 unspecified atom stereocenters. The zero-order chi connectivity index (χ0) is 16.1. The molecule has 0 spiro atoms. The first-order valence-electron chi connectivity index (χ1n) is 7.69. The highest BCUT2D eigenvalue weighted by atomic mass is 35.5. The summed E-state index contributed by atoms with van der Waals surface area (Å²) in [6, 6.07) is 10.2. The molecule has 0 atom stereocenters. The molecule has 1 amide bonds. The molecule has 1 aromatic carbocycles. The third-order valence-corrected chi connectivity index (χ3v) is 4.51. The molecule has 0 fully saturated rings. The fourth-order valence-electron chi connectivity index (χ4n) is 2.55. The lowest BCUT2D eigenvalue weighted by molar-refractivity contribution is -0.130. The van der Waals surface area contributed by atoms with Crippen LogP contribution in [0.1, 0.15) is 11.3 Å². The molecule has 0 aliphatic rings. The second-order valence-electron chi connectivity index (χ2n) is 5.41. The number of fused-ring (bicyclic) bond motifs is 1. The summed E-state index contributed by atoms with van der Waals surface area (Å²) in [6.07, 6.45) is 5.03. The molecule has 5 nitrogen and oxygen atoms in total. The molecule has 7 heteroatoms. The van der Waals surface area contributed by atoms with E-state index in [1.165, 1.54) is 5.56 Å². The highest BCUT2D eigenvalue weighted by Crippen LogP contribution is 2.12. The van der Waals surface area contributed by atoms with Crippen LogP contribution in [0.3, 0.4) is 0 Å². The van der Waals surface area contributed by atoms with Crippen molar-refractivity contribution >= 4 is 34.6 Å². The van der Waals surface area contributed by atoms with Crippen molar-refractivity contribution in [3.63, 3.8) is 0 Å². The van der Waals surface area contributed by atoms with Crippen molar-refractivity contribution in [3.8, 4) is 0 Å². The van der Waals surface area contributed by atoms with E-state index in [-0.39, 0.29) is 18.3 Å². The summed E-state index contributed by atoms with van der Waals surface area (Å²) in [6.45, 7) is 1.73. The molecule has 0 radical (unpaired) electrons. The summed E-state index contributed by atoms with van der Waals surface area (Å²) in [5, 5.41) is 1.98. The van der Waals surface area contributed by atoms with Crippen LogP contribution in [-0.4, -0.2) is 39.8 Å². The number of hydrogen-bond donors (Lipinski definition) is 1. The van der Waals surface area contributed by atoms with Crippen LogP contribution >= 0.6 is 23.7 Å². The Morgan fingerprint density at radius 2 is 2.04 bits per heavy atom. The molecule has 0 bridgehead atoms. The van der Waals surface area contributed by atoms with Gasteiger partial charge in [-0.05, 0) is 12.0 Å². The normalized spacial score (nSPS) is 10.5. The maximum absolute atomic E-state index is 12.5. The summed E-state index contributed by atoms with van der Waals surface area (Å²) in [4.78, 5) is 19.8. The Hall–Kier alpha value is -1.89. The second kappa shape index (κ2) is 8.82. The molecule has 3 aromatic rings. The van der Waals surface area contributed by atoms with Gasteiger partial charge in [0.25, 0.3) is 0 Å². The van der Waals surface area contributed by atoms with Crippen LogP contribution in [0.15, 0.2) is 48.1 Å². The van der Waals surface area contributed by atoms with Crippen molar-refractivity contribution in [2.24, 2.45) is 5.73 Å². The average Bonchev–Trinajstić information content (AvgIpc) is 3.13. The Balaban J connectivity index is 0.00000208. The summed E-state index contributed by atoms with van der Waals surface area (Å²) in [5.41, 5.74) is 7.70. The first-order valence-corrected chi connectivity index (χ1v) is 8.57. The fourth-order valence-corrected chi connectivity index (χ4v) is 3.27. The maximum atomic E-state index is 12.5. The minimum atomic E-state index is 0. The molecule has 128 valence electrons. The average molecular weight is 365 g/mol. The molecule has 3 rings (SSSR count). The lowest BCUT2D eigenvalue weighted by Crippen LogP contribution is -2.37. The number of carbonyl (C=O) groups excluding carboxylic acids is 1. The first-order chi connectivity index (χ1) is 11.3. The SMILES string of the molecule is Cl.NCCN(CCc1ccccc1)C(=O)Cc1cn2ccsc2n1. The van der Waals surface area contributed by atoms with E-state index in [2.05, 4.69) is 17.1 Å².